The Morgan fingerprint density at radius 3 is 3.00 bits per heavy atom. The Labute approximate surface area is 110 Å². The van der Waals surface area contributed by atoms with Gasteiger partial charge in [-0.2, -0.15) is 0 Å². The van der Waals surface area contributed by atoms with Crippen LogP contribution in [0, 0.1) is 0 Å². The molecule has 4 nitrogen and oxygen atoms in total. The minimum absolute atomic E-state index is 0.500. The van der Waals surface area contributed by atoms with Gasteiger partial charge in [0.15, 0.2) is 0 Å². The van der Waals surface area contributed by atoms with E-state index in [4.69, 9.17) is 4.74 Å². The molecule has 4 heteroatoms. The van der Waals surface area contributed by atoms with Crippen LogP contribution in [0.2, 0.25) is 0 Å². The molecule has 1 aromatic heterocycles. The highest BCUT2D eigenvalue weighted by Crippen LogP contribution is 2.20. The van der Waals surface area contributed by atoms with E-state index in [1.807, 2.05) is 12.5 Å². The van der Waals surface area contributed by atoms with Gasteiger partial charge in [0, 0.05) is 19.3 Å². The number of nitrogens with one attached hydrogen (secondary N) is 1. The van der Waals surface area contributed by atoms with Crippen molar-refractivity contribution in [1.82, 2.24) is 14.9 Å². The zero-order valence-corrected chi connectivity index (χ0v) is 11.4. The van der Waals surface area contributed by atoms with Crippen LogP contribution in [0.15, 0.2) is 12.5 Å². The Morgan fingerprint density at radius 2 is 2.22 bits per heavy atom. The fraction of sp³-hybridized carbons (Fsp3) is 0.786. The molecule has 1 saturated carbocycles. The Bertz CT molecular complexity index is 332. The molecule has 0 aromatic carbocycles. The van der Waals surface area contributed by atoms with Crippen LogP contribution < -0.4 is 5.32 Å². The van der Waals surface area contributed by atoms with Crippen LogP contribution in [-0.4, -0.2) is 28.8 Å². The molecule has 102 valence electrons. The third-order valence-electron chi connectivity index (χ3n) is 3.59. The van der Waals surface area contributed by atoms with Crippen LogP contribution in [0.25, 0.3) is 0 Å². The van der Waals surface area contributed by atoms with Crippen molar-refractivity contribution < 1.29 is 4.74 Å². The van der Waals surface area contributed by atoms with Crippen LogP contribution in [0.1, 0.15) is 44.7 Å². The summed E-state index contributed by atoms with van der Waals surface area (Å²) < 4.78 is 8.13. The molecule has 1 fully saturated rings. The smallest absolute Gasteiger partial charge is 0.0949 e. The maximum Gasteiger partial charge on any atom is 0.0949 e. The second-order valence-corrected chi connectivity index (χ2v) is 4.99. The van der Waals surface area contributed by atoms with E-state index in [1.165, 1.54) is 37.8 Å². The van der Waals surface area contributed by atoms with Gasteiger partial charge in [-0.1, -0.05) is 26.2 Å². The topological polar surface area (TPSA) is 39.1 Å². The first-order valence-electron chi connectivity index (χ1n) is 7.21. The van der Waals surface area contributed by atoms with Gasteiger partial charge in [-0.15, -0.1) is 0 Å². The standard InChI is InChI=1S/C14H25N3O/c1-2-15-10-13-11-16-12-17(13)8-9-18-14-6-4-3-5-7-14/h11-12,14-15H,2-10H2,1H3. The highest BCUT2D eigenvalue weighted by molar-refractivity contribution is 4.97. The van der Waals surface area contributed by atoms with Crippen molar-refractivity contribution in [2.75, 3.05) is 13.2 Å². The number of aromatic nitrogens is 2. The van der Waals surface area contributed by atoms with Crippen LogP contribution >= 0.6 is 0 Å². The van der Waals surface area contributed by atoms with Gasteiger partial charge in [0.1, 0.15) is 0 Å². The summed E-state index contributed by atoms with van der Waals surface area (Å²) in [5, 5.41) is 3.33. The second-order valence-electron chi connectivity index (χ2n) is 4.99. The summed E-state index contributed by atoms with van der Waals surface area (Å²) in [6.07, 6.45) is 10.9. The number of rotatable bonds is 7. The monoisotopic (exact) mass is 251 g/mol. The number of nitrogens with zero attached hydrogens (tertiary/aromatic N) is 2. The molecule has 1 aliphatic carbocycles. The lowest BCUT2D eigenvalue weighted by atomic mass is 9.98. The zero-order valence-electron chi connectivity index (χ0n) is 11.4. The lowest BCUT2D eigenvalue weighted by Crippen LogP contribution is -2.20. The summed E-state index contributed by atoms with van der Waals surface area (Å²) in [5.74, 6) is 0. The van der Waals surface area contributed by atoms with E-state index in [-0.39, 0.29) is 0 Å². The molecule has 0 spiro atoms. The predicted molar refractivity (Wildman–Crippen MR) is 72.4 cm³/mol. The van der Waals surface area contributed by atoms with Gasteiger partial charge in [-0.25, -0.2) is 4.98 Å². The number of ether oxygens (including phenoxy) is 1. The average Bonchev–Trinajstić information content (AvgIpc) is 2.85. The van der Waals surface area contributed by atoms with Crippen LogP contribution in [0.3, 0.4) is 0 Å². The van der Waals surface area contributed by atoms with E-state index < -0.39 is 0 Å². The van der Waals surface area contributed by atoms with Gasteiger partial charge in [-0.3, -0.25) is 0 Å². The maximum absolute atomic E-state index is 5.95. The molecule has 1 N–H and O–H groups in total. The third-order valence-corrected chi connectivity index (χ3v) is 3.59. The lowest BCUT2D eigenvalue weighted by Gasteiger charge is -2.22. The van der Waals surface area contributed by atoms with Crippen molar-refractivity contribution in [2.45, 2.75) is 58.2 Å². The minimum Gasteiger partial charge on any atom is -0.376 e. The number of imidazole rings is 1. The van der Waals surface area contributed by atoms with E-state index in [2.05, 4.69) is 21.8 Å². The summed E-state index contributed by atoms with van der Waals surface area (Å²) in [7, 11) is 0. The molecular weight excluding hydrogens is 226 g/mol. The molecule has 18 heavy (non-hydrogen) atoms. The minimum atomic E-state index is 0.500. The summed E-state index contributed by atoms with van der Waals surface area (Å²) in [4.78, 5) is 4.21. The predicted octanol–water partition coefficient (Wildman–Crippen LogP) is 2.34. The molecule has 0 amide bonds. The van der Waals surface area contributed by atoms with Crippen molar-refractivity contribution in [1.29, 1.82) is 0 Å². The first kappa shape index (κ1) is 13.6. The highest BCUT2D eigenvalue weighted by Gasteiger charge is 2.13. The van der Waals surface area contributed by atoms with Crippen LogP contribution in [0.5, 0.6) is 0 Å². The number of hydrogen-bond acceptors (Lipinski definition) is 3. The van der Waals surface area contributed by atoms with Crippen LogP contribution in [0.4, 0.5) is 0 Å². The van der Waals surface area contributed by atoms with Gasteiger partial charge in [-0.05, 0) is 19.4 Å². The first-order valence-corrected chi connectivity index (χ1v) is 7.21. The van der Waals surface area contributed by atoms with E-state index in [9.17, 15) is 0 Å². The van der Waals surface area contributed by atoms with Gasteiger partial charge < -0.3 is 14.6 Å². The SMILES string of the molecule is CCNCc1cncn1CCOC1CCCCC1. The second kappa shape index (κ2) is 7.54. The molecule has 0 saturated heterocycles. The van der Waals surface area contributed by atoms with E-state index in [1.54, 1.807) is 0 Å². The van der Waals surface area contributed by atoms with E-state index in [0.717, 1.165) is 26.2 Å². The number of hydrogen-bond donors (Lipinski definition) is 1. The van der Waals surface area contributed by atoms with E-state index >= 15 is 0 Å². The first-order chi connectivity index (χ1) is 8.90. The molecule has 2 rings (SSSR count). The molecule has 1 aliphatic rings. The van der Waals surface area contributed by atoms with Crippen molar-refractivity contribution in [3.63, 3.8) is 0 Å². The molecular formula is C14H25N3O. The molecule has 0 radical (unpaired) electrons. The average molecular weight is 251 g/mol. The van der Waals surface area contributed by atoms with Gasteiger partial charge >= 0.3 is 0 Å². The fourth-order valence-corrected chi connectivity index (χ4v) is 2.50. The summed E-state index contributed by atoms with van der Waals surface area (Å²) in [6, 6.07) is 0. The molecule has 0 aliphatic heterocycles. The zero-order chi connectivity index (χ0) is 12.6. The summed E-state index contributed by atoms with van der Waals surface area (Å²) in [5.41, 5.74) is 1.24. The van der Waals surface area contributed by atoms with Gasteiger partial charge in [0.2, 0.25) is 0 Å². The van der Waals surface area contributed by atoms with E-state index in [0.29, 0.717) is 6.10 Å². The summed E-state index contributed by atoms with van der Waals surface area (Å²) in [6.45, 7) is 5.72. The van der Waals surface area contributed by atoms with Gasteiger partial charge in [0.05, 0.1) is 24.7 Å². The molecule has 0 atom stereocenters. The molecule has 1 aromatic rings. The lowest BCUT2D eigenvalue weighted by molar-refractivity contribution is 0.0238. The Hall–Kier alpha value is -0.870. The Balaban J connectivity index is 1.70. The van der Waals surface area contributed by atoms with Gasteiger partial charge in [0.25, 0.3) is 0 Å². The quantitative estimate of drug-likeness (QED) is 0.808. The molecule has 0 bridgehead atoms. The van der Waals surface area contributed by atoms with Crippen LogP contribution in [-0.2, 0) is 17.8 Å². The third kappa shape index (κ3) is 4.10. The molecule has 0 unspecified atom stereocenters. The summed E-state index contributed by atoms with van der Waals surface area (Å²) >= 11 is 0. The Morgan fingerprint density at radius 1 is 1.39 bits per heavy atom. The van der Waals surface area contributed by atoms with Crippen molar-refractivity contribution in [3.8, 4) is 0 Å². The fourth-order valence-electron chi connectivity index (χ4n) is 2.50. The molecule has 1 heterocycles. The van der Waals surface area contributed by atoms with Crippen molar-refractivity contribution >= 4 is 0 Å². The highest BCUT2D eigenvalue weighted by atomic mass is 16.5. The normalized spacial score (nSPS) is 17.2. The Kier molecular flexibility index (Phi) is 5.68. The maximum atomic E-state index is 5.95. The largest absolute Gasteiger partial charge is 0.376 e. The van der Waals surface area contributed by atoms with Crippen molar-refractivity contribution in [2.24, 2.45) is 0 Å². The van der Waals surface area contributed by atoms with Crippen molar-refractivity contribution in [3.05, 3.63) is 18.2 Å².